The normalized spacial score (nSPS) is 14.1. The van der Waals surface area contributed by atoms with Crippen molar-refractivity contribution in [3.05, 3.63) is 54.1 Å². The first-order valence-electron chi connectivity index (χ1n) is 7.85. The Morgan fingerprint density at radius 1 is 1.04 bits per heavy atom. The zero-order chi connectivity index (χ0) is 17.9. The molecule has 2 aromatic rings. The van der Waals surface area contributed by atoms with Crippen LogP contribution in [0.3, 0.4) is 0 Å². The number of nitriles is 1. The molecule has 0 radical (unpaired) electrons. The van der Waals surface area contributed by atoms with Gasteiger partial charge >= 0.3 is 0 Å². The van der Waals surface area contributed by atoms with E-state index in [1.807, 2.05) is 6.07 Å². The van der Waals surface area contributed by atoms with E-state index in [0.29, 0.717) is 35.5 Å². The maximum Gasteiger partial charge on any atom is 0.240 e. The summed E-state index contributed by atoms with van der Waals surface area (Å²) < 4.78 is 5.08. The Kier molecular flexibility index (Phi) is 4.40. The van der Waals surface area contributed by atoms with Gasteiger partial charge in [-0.1, -0.05) is 12.1 Å². The van der Waals surface area contributed by atoms with Crippen molar-refractivity contribution >= 4 is 23.2 Å². The number of benzene rings is 2. The molecule has 25 heavy (non-hydrogen) atoms. The summed E-state index contributed by atoms with van der Waals surface area (Å²) in [7, 11) is 1.57. The van der Waals surface area contributed by atoms with Crippen LogP contribution in [0, 0.1) is 16.7 Å². The Hall–Kier alpha value is -3.33. The molecule has 0 heterocycles. The van der Waals surface area contributed by atoms with Gasteiger partial charge in [-0.15, -0.1) is 0 Å². The number of anilines is 2. The second kappa shape index (κ2) is 6.65. The number of amides is 2. The van der Waals surface area contributed by atoms with E-state index in [0.717, 1.165) is 0 Å². The quantitative estimate of drug-likeness (QED) is 0.822. The zero-order valence-electron chi connectivity index (χ0n) is 13.7. The Bertz CT molecular complexity index is 849. The predicted molar refractivity (Wildman–Crippen MR) is 93.1 cm³/mol. The van der Waals surface area contributed by atoms with Gasteiger partial charge in [0.2, 0.25) is 11.8 Å². The minimum Gasteiger partial charge on any atom is -0.497 e. The van der Waals surface area contributed by atoms with Gasteiger partial charge in [-0.3, -0.25) is 9.59 Å². The van der Waals surface area contributed by atoms with Crippen LogP contribution in [-0.4, -0.2) is 18.9 Å². The van der Waals surface area contributed by atoms with Crippen molar-refractivity contribution in [2.45, 2.75) is 12.8 Å². The van der Waals surface area contributed by atoms with Crippen LogP contribution in [0.15, 0.2) is 48.5 Å². The number of nitrogens with zero attached hydrogens (tertiary/aromatic N) is 1. The molecule has 2 aromatic carbocycles. The molecule has 1 aliphatic rings. The molecule has 3 rings (SSSR count). The monoisotopic (exact) mass is 335 g/mol. The van der Waals surface area contributed by atoms with Gasteiger partial charge < -0.3 is 15.4 Å². The molecule has 0 saturated heterocycles. The summed E-state index contributed by atoms with van der Waals surface area (Å²) in [5.74, 6) is -0.0456. The Morgan fingerprint density at radius 3 is 2.28 bits per heavy atom. The SMILES string of the molecule is COc1ccc(NC(=O)C2(C(=O)Nc3ccccc3C#N)CC2)cc1. The highest BCUT2D eigenvalue weighted by Gasteiger charge is 2.56. The van der Waals surface area contributed by atoms with E-state index in [2.05, 4.69) is 10.6 Å². The van der Waals surface area contributed by atoms with Crippen molar-refractivity contribution < 1.29 is 14.3 Å². The number of hydrogen-bond donors (Lipinski definition) is 2. The lowest BCUT2D eigenvalue weighted by Crippen LogP contribution is -2.35. The fourth-order valence-corrected chi connectivity index (χ4v) is 2.54. The molecule has 2 N–H and O–H groups in total. The first kappa shape index (κ1) is 16.5. The van der Waals surface area contributed by atoms with Crippen molar-refractivity contribution in [2.75, 3.05) is 17.7 Å². The van der Waals surface area contributed by atoms with Gasteiger partial charge in [-0.25, -0.2) is 0 Å². The van der Waals surface area contributed by atoms with Gasteiger partial charge in [0.15, 0.2) is 0 Å². The minimum absolute atomic E-state index is 0.343. The van der Waals surface area contributed by atoms with E-state index < -0.39 is 5.41 Å². The number of carbonyl (C=O) groups excluding carboxylic acids is 2. The molecule has 2 amide bonds. The second-order valence-electron chi connectivity index (χ2n) is 5.88. The molecular weight excluding hydrogens is 318 g/mol. The summed E-state index contributed by atoms with van der Waals surface area (Å²) in [5, 5.41) is 14.6. The van der Waals surface area contributed by atoms with Crippen LogP contribution in [0.4, 0.5) is 11.4 Å². The highest BCUT2D eigenvalue weighted by atomic mass is 16.5. The lowest BCUT2D eigenvalue weighted by Gasteiger charge is -2.16. The molecule has 0 atom stereocenters. The number of methoxy groups -OCH3 is 1. The lowest BCUT2D eigenvalue weighted by molar-refractivity contribution is -0.131. The second-order valence-corrected chi connectivity index (χ2v) is 5.88. The highest BCUT2D eigenvalue weighted by molar-refractivity contribution is 6.17. The van der Waals surface area contributed by atoms with Crippen LogP contribution >= 0.6 is 0 Å². The van der Waals surface area contributed by atoms with E-state index in [-0.39, 0.29) is 11.8 Å². The summed E-state index contributed by atoms with van der Waals surface area (Å²) >= 11 is 0. The molecule has 1 saturated carbocycles. The van der Waals surface area contributed by atoms with Crippen LogP contribution in [0.1, 0.15) is 18.4 Å². The summed E-state index contributed by atoms with van der Waals surface area (Å²) in [4.78, 5) is 25.2. The van der Waals surface area contributed by atoms with Crippen molar-refractivity contribution in [3.8, 4) is 11.8 Å². The predicted octanol–water partition coefficient (Wildman–Crippen LogP) is 2.92. The first-order chi connectivity index (χ1) is 12.1. The van der Waals surface area contributed by atoms with Crippen LogP contribution in [-0.2, 0) is 9.59 Å². The van der Waals surface area contributed by atoms with Crippen molar-refractivity contribution in [2.24, 2.45) is 5.41 Å². The molecule has 1 aliphatic carbocycles. The number of hydrogen-bond acceptors (Lipinski definition) is 4. The van der Waals surface area contributed by atoms with E-state index in [1.165, 1.54) is 0 Å². The van der Waals surface area contributed by atoms with Crippen LogP contribution in [0.25, 0.3) is 0 Å². The fraction of sp³-hybridized carbons (Fsp3) is 0.211. The standard InChI is InChI=1S/C19H17N3O3/c1-25-15-8-6-14(7-9-15)21-17(23)19(10-11-19)18(24)22-16-5-3-2-4-13(16)12-20/h2-9H,10-11H2,1H3,(H,21,23)(H,22,24). The average molecular weight is 335 g/mol. The maximum atomic E-state index is 12.6. The fourth-order valence-electron chi connectivity index (χ4n) is 2.54. The third kappa shape index (κ3) is 3.31. The number of rotatable bonds is 5. The van der Waals surface area contributed by atoms with Crippen molar-refractivity contribution in [1.82, 2.24) is 0 Å². The van der Waals surface area contributed by atoms with Crippen molar-refractivity contribution in [1.29, 1.82) is 5.26 Å². The smallest absolute Gasteiger partial charge is 0.240 e. The molecule has 0 unspecified atom stereocenters. The largest absolute Gasteiger partial charge is 0.497 e. The minimum atomic E-state index is -1.08. The van der Waals surface area contributed by atoms with Gasteiger partial charge in [-0.2, -0.15) is 5.26 Å². The highest BCUT2D eigenvalue weighted by Crippen LogP contribution is 2.47. The number of ether oxygens (including phenoxy) is 1. The number of carbonyl (C=O) groups is 2. The average Bonchev–Trinajstić information content (AvgIpc) is 3.45. The third-order valence-electron chi connectivity index (χ3n) is 4.26. The van der Waals surface area contributed by atoms with Gasteiger partial charge in [-0.05, 0) is 49.2 Å². The topological polar surface area (TPSA) is 91.2 Å². The van der Waals surface area contributed by atoms with Gasteiger partial charge in [0.25, 0.3) is 0 Å². The lowest BCUT2D eigenvalue weighted by atomic mass is 10.0. The summed E-state index contributed by atoms with van der Waals surface area (Å²) in [6.45, 7) is 0. The van der Waals surface area contributed by atoms with Crippen LogP contribution in [0.5, 0.6) is 5.75 Å². The maximum absolute atomic E-state index is 12.6. The number of para-hydroxylation sites is 1. The first-order valence-corrected chi connectivity index (χ1v) is 7.85. The van der Waals surface area contributed by atoms with Gasteiger partial charge in [0.1, 0.15) is 17.2 Å². The molecule has 0 aliphatic heterocycles. The van der Waals surface area contributed by atoms with E-state index >= 15 is 0 Å². The number of nitrogens with one attached hydrogen (secondary N) is 2. The molecule has 0 aromatic heterocycles. The molecule has 1 fully saturated rings. The van der Waals surface area contributed by atoms with Crippen molar-refractivity contribution in [3.63, 3.8) is 0 Å². The molecule has 6 nitrogen and oxygen atoms in total. The molecular formula is C19H17N3O3. The third-order valence-corrected chi connectivity index (χ3v) is 4.26. The molecule has 0 spiro atoms. The Morgan fingerprint density at radius 2 is 1.68 bits per heavy atom. The Labute approximate surface area is 145 Å². The van der Waals surface area contributed by atoms with Gasteiger partial charge in [0.05, 0.1) is 18.4 Å². The van der Waals surface area contributed by atoms with E-state index in [9.17, 15) is 9.59 Å². The molecule has 6 heteroatoms. The van der Waals surface area contributed by atoms with E-state index in [4.69, 9.17) is 10.00 Å². The van der Waals surface area contributed by atoms with Crippen LogP contribution in [0.2, 0.25) is 0 Å². The summed E-state index contributed by atoms with van der Waals surface area (Å²) in [5.41, 5.74) is 0.297. The molecule has 0 bridgehead atoms. The van der Waals surface area contributed by atoms with Gasteiger partial charge in [0, 0.05) is 5.69 Å². The zero-order valence-corrected chi connectivity index (χ0v) is 13.7. The molecule has 126 valence electrons. The van der Waals surface area contributed by atoms with Crippen LogP contribution < -0.4 is 15.4 Å². The van der Waals surface area contributed by atoms with E-state index in [1.54, 1.807) is 55.6 Å². The summed E-state index contributed by atoms with van der Waals surface area (Å²) in [6, 6.07) is 15.6. The summed E-state index contributed by atoms with van der Waals surface area (Å²) in [6.07, 6.45) is 0.963. The Balaban J connectivity index is 1.71.